The Bertz CT molecular complexity index is 397. The molecule has 1 aromatic heterocycles. The molecule has 2 rings (SSSR count). The molecule has 1 aliphatic heterocycles. The zero-order chi connectivity index (χ0) is 14.5. The SMILES string of the molecule is CC[C@H](O)c1ccc(N2CCC(CN(C)C)CC2)cn1. The minimum Gasteiger partial charge on any atom is -0.387 e. The maximum absolute atomic E-state index is 9.77. The molecule has 0 amide bonds. The van der Waals surface area contributed by atoms with Gasteiger partial charge in [0.2, 0.25) is 0 Å². The van der Waals surface area contributed by atoms with E-state index >= 15 is 0 Å². The van der Waals surface area contributed by atoms with E-state index in [0.717, 1.165) is 24.7 Å². The Morgan fingerprint density at radius 2 is 2.05 bits per heavy atom. The van der Waals surface area contributed by atoms with E-state index in [4.69, 9.17) is 0 Å². The van der Waals surface area contributed by atoms with Crippen molar-refractivity contribution in [3.8, 4) is 0 Å². The molecule has 112 valence electrons. The summed E-state index contributed by atoms with van der Waals surface area (Å²) in [7, 11) is 4.29. The molecular weight excluding hydrogens is 250 g/mol. The summed E-state index contributed by atoms with van der Waals surface area (Å²) in [6, 6.07) is 4.04. The Morgan fingerprint density at radius 3 is 2.55 bits per heavy atom. The van der Waals surface area contributed by atoms with Gasteiger partial charge in [0.25, 0.3) is 0 Å². The lowest BCUT2D eigenvalue weighted by Gasteiger charge is -2.34. The van der Waals surface area contributed by atoms with Crippen LogP contribution in [0.2, 0.25) is 0 Å². The van der Waals surface area contributed by atoms with E-state index in [9.17, 15) is 5.11 Å². The lowest BCUT2D eigenvalue weighted by molar-refractivity contribution is 0.169. The third-order valence-corrected chi connectivity index (χ3v) is 4.10. The van der Waals surface area contributed by atoms with Crippen LogP contribution in [-0.2, 0) is 0 Å². The zero-order valence-electron chi connectivity index (χ0n) is 12.9. The number of piperidine rings is 1. The number of aliphatic hydroxyl groups excluding tert-OH is 1. The highest BCUT2D eigenvalue weighted by Crippen LogP contribution is 2.24. The largest absolute Gasteiger partial charge is 0.387 e. The first-order valence-electron chi connectivity index (χ1n) is 7.63. The third-order valence-electron chi connectivity index (χ3n) is 4.10. The molecule has 1 aliphatic rings. The second kappa shape index (κ2) is 7.04. The quantitative estimate of drug-likeness (QED) is 0.896. The molecule has 0 radical (unpaired) electrons. The first-order chi connectivity index (χ1) is 9.60. The van der Waals surface area contributed by atoms with Gasteiger partial charge in [0.05, 0.1) is 23.7 Å². The number of aromatic nitrogens is 1. The molecular formula is C16H27N3O. The summed E-state index contributed by atoms with van der Waals surface area (Å²) in [5.41, 5.74) is 1.96. The van der Waals surface area contributed by atoms with Crippen molar-refractivity contribution in [2.45, 2.75) is 32.3 Å². The monoisotopic (exact) mass is 277 g/mol. The molecule has 0 bridgehead atoms. The lowest BCUT2D eigenvalue weighted by Crippen LogP contribution is -2.37. The van der Waals surface area contributed by atoms with Crippen LogP contribution in [0.5, 0.6) is 0 Å². The number of hydrogen-bond acceptors (Lipinski definition) is 4. The van der Waals surface area contributed by atoms with Crippen LogP contribution in [0.25, 0.3) is 0 Å². The van der Waals surface area contributed by atoms with Gasteiger partial charge >= 0.3 is 0 Å². The molecule has 1 aromatic rings. The van der Waals surface area contributed by atoms with E-state index in [-0.39, 0.29) is 0 Å². The Morgan fingerprint density at radius 1 is 1.35 bits per heavy atom. The van der Waals surface area contributed by atoms with Gasteiger partial charge in [-0.1, -0.05) is 6.92 Å². The van der Waals surface area contributed by atoms with Crippen LogP contribution < -0.4 is 4.90 Å². The van der Waals surface area contributed by atoms with Gasteiger partial charge < -0.3 is 14.9 Å². The van der Waals surface area contributed by atoms with Gasteiger partial charge in [0, 0.05) is 19.6 Å². The fourth-order valence-electron chi connectivity index (χ4n) is 2.88. The molecule has 1 fully saturated rings. The molecule has 20 heavy (non-hydrogen) atoms. The van der Waals surface area contributed by atoms with Gasteiger partial charge in [-0.2, -0.15) is 0 Å². The highest BCUT2D eigenvalue weighted by Gasteiger charge is 2.20. The lowest BCUT2D eigenvalue weighted by atomic mass is 9.96. The average Bonchev–Trinajstić information content (AvgIpc) is 2.47. The van der Waals surface area contributed by atoms with Crippen LogP contribution in [0.15, 0.2) is 18.3 Å². The molecule has 0 spiro atoms. The van der Waals surface area contributed by atoms with E-state index in [0.29, 0.717) is 6.42 Å². The minimum absolute atomic E-state index is 0.435. The van der Waals surface area contributed by atoms with Crippen molar-refractivity contribution in [1.29, 1.82) is 0 Å². The minimum atomic E-state index is -0.435. The van der Waals surface area contributed by atoms with Crippen molar-refractivity contribution in [2.24, 2.45) is 5.92 Å². The van der Waals surface area contributed by atoms with E-state index in [1.165, 1.54) is 25.1 Å². The average molecular weight is 277 g/mol. The molecule has 0 aliphatic carbocycles. The Kier molecular flexibility index (Phi) is 5.38. The van der Waals surface area contributed by atoms with Crippen molar-refractivity contribution in [3.63, 3.8) is 0 Å². The van der Waals surface area contributed by atoms with Crippen molar-refractivity contribution < 1.29 is 5.11 Å². The topological polar surface area (TPSA) is 39.6 Å². The number of pyridine rings is 1. The van der Waals surface area contributed by atoms with Gasteiger partial charge in [0.1, 0.15) is 0 Å². The molecule has 1 atom stereocenters. The second-order valence-electron chi connectivity index (χ2n) is 6.06. The van der Waals surface area contributed by atoms with Gasteiger partial charge in [-0.3, -0.25) is 4.98 Å². The fraction of sp³-hybridized carbons (Fsp3) is 0.688. The van der Waals surface area contributed by atoms with E-state index in [2.05, 4.69) is 34.9 Å². The normalized spacial score (nSPS) is 18.6. The molecule has 1 N–H and O–H groups in total. The summed E-state index contributed by atoms with van der Waals surface area (Å²) < 4.78 is 0. The molecule has 1 saturated heterocycles. The number of rotatable bonds is 5. The Balaban J connectivity index is 1.90. The van der Waals surface area contributed by atoms with Crippen LogP contribution in [0, 0.1) is 5.92 Å². The number of nitrogens with zero attached hydrogens (tertiary/aromatic N) is 3. The summed E-state index contributed by atoms with van der Waals surface area (Å²) in [6.07, 6.45) is 4.67. The molecule has 4 heteroatoms. The van der Waals surface area contributed by atoms with Crippen LogP contribution >= 0.6 is 0 Å². The van der Waals surface area contributed by atoms with E-state index in [1.807, 2.05) is 19.2 Å². The summed E-state index contributed by atoms with van der Waals surface area (Å²) in [6.45, 7) is 5.37. The van der Waals surface area contributed by atoms with Gasteiger partial charge in [-0.05, 0) is 51.4 Å². The smallest absolute Gasteiger partial charge is 0.0957 e. The Hall–Kier alpha value is -1.13. The van der Waals surface area contributed by atoms with Crippen LogP contribution in [-0.4, -0.2) is 48.7 Å². The standard InChI is InChI=1S/C16H27N3O/c1-4-16(20)15-6-5-14(11-17-15)19-9-7-13(8-10-19)12-18(2)3/h5-6,11,13,16,20H,4,7-10,12H2,1-3H3/t16-/m0/s1. The van der Waals surface area contributed by atoms with Crippen LogP contribution in [0.3, 0.4) is 0 Å². The Labute approximate surface area is 122 Å². The van der Waals surface area contributed by atoms with Gasteiger partial charge in [-0.15, -0.1) is 0 Å². The summed E-state index contributed by atoms with van der Waals surface area (Å²) in [4.78, 5) is 9.08. The van der Waals surface area contributed by atoms with Gasteiger partial charge in [-0.25, -0.2) is 0 Å². The van der Waals surface area contributed by atoms with Crippen molar-refractivity contribution >= 4 is 5.69 Å². The predicted octanol–water partition coefficient (Wildman–Crippen LogP) is 2.30. The molecule has 0 aromatic carbocycles. The maximum Gasteiger partial charge on any atom is 0.0957 e. The fourth-order valence-corrected chi connectivity index (χ4v) is 2.88. The molecule has 0 unspecified atom stereocenters. The number of aliphatic hydroxyl groups is 1. The van der Waals surface area contributed by atoms with Crippen molar-refractivity contribution in [1.82, 2.24) is 9.88 Å². The summed E-state index contributed by atoms with van der Waals surface area (Å²) >= 11 is 0. The molecule has 0 saturated carbocycles. The van der Waals surface area contributed by atoms with Crippen LogP contribution in [0.1, 0.15) is 38.0 Å². The summed E-state index contributed by atoms with van der Waals surface area (Å²) in [5, 5.41) is 9.77. The van der Waals surface area contributed by atoms with Gasteiger partial charge in [0.15, 0.2) is 0 Å². The zero-order valence-corrected chi connectivity index (χ0v) is 12.9. The summed E-state index contributed by atoms with van der Waals surface area (Å²) in [5.74, 6) is 0.815. The number of hydrogen-bond donors (Lipinski definition) is 1. The van der Waals surface area contributed by atoms with Crippen molar-refractivity contribution in [3.05, 3.63) is 24.0 Å². The third kappa shape index (κ3) is 3.93. The maximum atomic E-state index is 9.77. The number of anilines is 1. The first kappa shape index (κ1) is 15.3. The van der Waals surface area contributed by atoms with E-state index in [1.54, 1.807) is 0 Å². The highest BCUT2D eigenvalue weighted by molar-refractivity contribution is 5.45. The van der Waals surface area contributed by atoms with Crippen LogP contribution in [0.4, 0.5) is 5.69 Å². The first-order valence-corrected chi connectivity index (χ1v) is 7.63. The molecule has 4 nitrogen and oxygen atoms in total. The molecule has 2 heterocycles. The second-order valence-corrected chi connectivity index (χ2v) is 6.06. The van der Waals surface area contributed by atoms with E-state index < -0.39 is 6.10 Å². The predicted molar refractivity (Wildman–Crippen MR) is 83.0 cm³/mol. The highest BCUT2D eigenvalue weighted by atomic mass is 16.3. The van der Waals surface area contributed by atoms with Crippen molar-refractivity contribution in [2.75, 3.05) is 38.6 Å².